The smallest absolute Gasteiger partial charge is 0.306 e. The molecule has 1 amide bonds. The molecule has 2 heterocycles. The fourth-order valence-corrected chi connectivity index (χ4v) is 8.22. The monoisotopic (exact) mass is 950 g/mol. The predicted octanol–water partition coefficient (Wildman–Crippen LogP) is 10.9. The number of halogens is 4. The molecular formula is C54H58Cl2F2N4O5. The Morgan fingerprint density at radius 2 is 1.01 bits per heavy atom. The number of likely N-dealkylation sites (tertiary alicyclic amines) is 2. The summed E-state index contributed by atoms with van der Waals surface area (Å²) in [4.78, 5) is 28.6. The number of amides is 1. The summed E-state index contributed by atoms with van der Waals surface area (Å²) in [5.41, 5.74) is 9.27. The van der Waals surface area contributed by atoms with Crippen LogP contribution in [-0.4, -0.2) is 79.3 Å². The molecule has 6 aromatic rings. The molecule has 0 bridgehead atoms. The molecule has 0 aliphatic carbocycles. The number of carboxylic acids is 1. The van der Waals surface area contributed by atoms with Gasteiger partial charge in [0.2, 0.25) is 5.91 Å². The zero-order chi connectivity index (χ0) is 47.4. The second-order valence-electron chi connectivity index (χ2n) is 16.5. The van der Waals surface area contributed by atoms with E-state index in [1.54, 1.807) is 36.4 Å². The number of nitrogens with one attached hydrogen (secondary N) is 1. The highest BCUT2D eigenvalue weighted by atomic mass is 35.5. The van der Waals surface area contributed by atoms with Crippen LogP contribution in [0.4, 0.5) is 8.78 Å². The van der Waals surface area contributed by atoms with Crippen LogP contribution in [-0.2, 0) is 9.59 Å². The summed E-state index contributed by atoms with van der Waals surface area (Å²) in [6.45, 7) is 6.38. The van der Waals surface area contributed by atoms with Crippen LogP contribution in [0.3, 0.4) is 0 Å². The molecule has 6 aromatic carbocycles. The first-order chi connectivity index (χ1) is 32.5. The summed E-state index contributed by atoms with van der Waals surface area (Å²) in [5.74, 6) is 0.273. The maximum absolute atomic E-state index is 13.9. The SMILES string of the molecule is NC(c1ccc(Cl)cc1)c1cccc(F)c1.O=C(NC(c1ccc(Cl)cc1)c1cccc(F)c1)C1CCN(CCOc2ccccc2)CC1.O=C(O)C1CCN(CCOc2ccccc2)CC1. The molecule has 2 aliphatic rings. The third-order valence-corrected chi connectivity index (χ3v) is 12.3. The van der Waals surface area contributed by atoms with Crippen molar-refractivity contribution in [3.8, 4) is 11.5 Å². The van der Waals surface area contributed by atoms with Crippen LogP contribution < -0.4 is 20.5 Å². The number of para-hydroxylation sites is 2. The van der Waals surface area contributed by atoms with Crippen LogP contribution in [0.1, 0.15) is 60.0 Å². The lowest BCUT2D eigenvalue weighted by molar-refractivity contribution is -0.143. The van der Waals surface area contributed by atoms with Gasteiger partial charge in [0.05, 0.1) is 18.0 Å². The lowest BCUT2D eigenvalue weighted by atomic mass is 9.93. The average molecular weight is 952 g/mol. The first-order valence-corrected chi connectivity index (χ1v) is 23.4. The van der Waals surface area contributed by atoms with E-state index in [9.17, 15) is 18.4 Å². The Labute approximate surface area is 402 Å². The Kier molecular flexibility index (Phi) is 20.0. The first-order valence-electron chi connectivity index (χ1n) is 22.6. The molecule has 13 heteroatoms. The number of carbonyl (C=O) groups is 2. The standard InChI is InChI=1S/C27H28ClFN2O2.C14H19NO3.C13H11ClFN/c28-23-11-9-20(10-12-23)26(22-5-4-6-24(29)19-22)30-27(32)21-13-15-31(16-14-21)17-18-33-25-7-2-1-3-8-25;16-14(17)12-6-8-15(9-7-12)10-11-18-13-4-2-1-3-5-13;14-11-6-4-9(5-7-11)13(16)10-2-1-3-12(15)8-10/h1-12,19,21,26H,13-18H2,(H,30,32);1-5,12H,6-11H2,(H,16,17);1-8,13H,16H2. The zero-order valence-corrected chi connectivity index (χ0v) is 38.9. The van der Waals surface area contributed by atoms with Crippen LogP contribution in [0.25, 0.3) is 0 Å². The topological polar surface area (TPSA) is 117 Å². The number of piperidine rings is 2. The number of nitrogens with zero attached hydrogens (tertiary/aromatic N) is 2. The normalized spacial score (nSPS) is 15.4. The Hall–Kier alpha value is -5.82. The van der Waals surface area contributed by atoms with E-state index < -0.39 is 12.0 Å². The highest BCUT2D eigenvalue weighted by molar-refractivity contribution is 6.30. The van der Waals surface area contributed by atoms with E-state index in [1.807, 2.05) is 97.1 Å². The van der Waals surface area contributed by atoms with Gasteiger partial charge in [0.1, 0.15) is 36.3 Å². The molecule has 2 atom stereocenters. The van der Waals surface area contributed by atoms with Gasteiger partial charge in [-0.2, -0.15) is 0 Å². The second kappa shape index (κ2) is 26.5. The van der Waals surface area contributed by atoms with Gasteiger partial charge in [0.15, 0.2) is 0 Å². The van der Waals surface area contributed by atoms with E-state index >= 15 is 0 Å². The molecule has 67 heavy (non-hydrogen) atoms. The summed E-state index contributed by atoms with van der Waals surface area (Å²) in [5, 5.41) is 13.3. The lowest BCUT2D eigenvalue weighted by Gasteiger charge is -2.32. The maximum Gasteiger partial charge on any atom is 0.306 e. The minimum absolute atomic E-state index is 0.000559. The molecule has 4 N–H and O–H groups in total. The van der Waals surface area contributed by atoms with Gasteiger partial charge in [-0.05, 0) is 147 Å². The molecule has 2 aliphatic heterocycles. The predicted molar refractivity (Wildman–Crippen MR) is 262 cm³/mol. The first kappa shape index (κ1) is 50.6. The Balaban J connectivity index is 0.000000183. The molecule has 2 unspecified atom stereocenters. The van der Waals surface area contributed by atoms with Crippen molar-refractivity contribution < 1.29 is 33.0 Å². The maximum atomic E-state index is 13.9. The molecule has 0 spiro atoms. The minimum atomic E-state index is -0.657. The number of rotatable bonds is 15. The van der Waals surface area contributed by atoms with Crippen molar-refractivity contribution in [3.63, 3.8) is 0 Å². The fourth-order valence-electron chi connectivity index (χ4n) is 7.96. The van der Waals surface area contributed by atoms with Gasteiger partial charge in [0.25, 0.3) is 0 Å². The number of carboxylic acid groups (broad SMARTS) is 1. The van der Waals surface area contributed by atoms with Crippen molar-refractivity contribution >= 4 is 35.1 Å². The quantitative estimate of drug-likeness (QED) is 0.0932. The van der Waals surface area contributed by atoms with Crippen LogP contribution in [0.15, 0.2) is 158 Å². The largest absolute Gasteiger partial charge is 0.492 e. The Bertz CT molecular complexity index is 2400. The summed E-state index contributed by atoms with van der Waals surface area (Å²) >= 11 is 11.8. The molecule has 2 fully saturated rings. The number of aliphatic carboxylic acids is 1. The average Bonchev–Trinajstić information content (AvgIpc) is 3.35. The van der Waals surface area contributed by atoms with E-state index in [1.165, 1.54) is 24.3 Å². The summed E-state index contributed by atoms with van der Waals surface area (Å²) in [6.07, 6.45) is 3.07. The lowest BCUT2D eigenvalue weighted by Crippen LogP contribution is -2.42. The number of carbonyl (C=O) groups excluding carboxylic acids is 1. The van der Waals surface area contributed by atoms with Crippen LogP contribution in [0.2, 0.25) is 10.0 Å². The zero-order valence-electron chi connectivity index (χ0n) is 37.4. The molecule has 0 aromatic heterocycles. The molecular weight excluding hydrogens is 894 g/mol. The van der Waals surface area contributed by atoms with Crippen molar-refractivity contribution in [3.05, 3.63) is 202 Å². The van der Waals surface area contributed by atoms with Crippen molar-refractivity contribution in [2.45, 2.75) is 37.8 Å². The van der Waals surface area contributed by atoms with Gasteiger partial charge >= 0.3 is 5.97 Å². The highest BCUT2D eigenvalue weighted by Gasteiger charge is 2.28. The van der Waals surface area contributed by atoms with Gasteiger partial charge < -0.3 is 25.6 Å². The van der Waals surface area contributed by atoms with Crippen LogP contribution in [0.5, 0.6) is 11.5 Å². The number of hydrogen-bond donors (Lipinski definition) is 3. The Morgan fingerprint density at radius 1 is 0.582 bits per heavy atom. The summed E-state index contributed by atoms with van der Waals surface area (Å²) < 4.78 is 38.3. The number of hydrogen-bond acceptors (Lipinski definition) is 7. The van der Waals surface area contributed by atoms with Gasteiger partial charge in [0, 0.05) is 29.1 Å². The van der Waals surface area contributed by atoms with Gasteiger partial charge in [-0.25, -0.2) is 8.78 Å². The van der Waals surface area contributed by atoms with Gasteiger partial charge in [-0.15, -0.1) is 0 Å². The van der Waals surface area contributed by atoms with Gasteiger partial charge in [-0.3, -0.25) is 19.4 Å². The van der Waals surface area contributed by atoms with Crippen molar-refractivity contribution in [1.29, 1.82) is 0 Å². The van der Waals surface area contributed by atoms with E-state index in [2.05, 4.69) is 15.1 Å². The number of ether oxygens (including phenoxy) is 2. The van der Waals surface area contributed by atoms with Crippen LogP contribution >= 0.6 is 23.2 Å². The molecule has 8 rings (SSSR count). The fraction of sp³-hybridized carbons (Fsp3) is 0.296. The molecule has 352 valence electrons. The van der Waals surface area contributed by atoms with E-state index in [4.69, 9.17) is 43.5 Å². The van der Waals surface area contributed by atoms with Gasteiger partial charge in [-0.1, -0.05) is 108 Å². The van der Waals surface area contributed by atoms with E-state index in [0.717, 1.165) is 93.1 Å². The molecule has 0 saturated carbocycles. The molecule has 0 radical (unpaired) electrons. The Morgan fingerprint density at radius 3 is 1.48 bits per heavy atom. The molecule has 9 nitrogen and oxygen atoms in total. The second-order valence-corrected chi connectivity index (χ2v) is 17.4. The van der Waals surface area contributed by atoms with E-state index in [0.29, 0.717) is 28.8 Å². The number of benzene rings is 6. The molecule has 2 saturated heterocycles. The summed E-state index contributed by atoms with van der Waals surface area (Å²) in [6, 6.07) is 46.0. The van der Waals surface area contributed by atoms with Crippen molar-refractivity contribution in [2.24, 2.45) is 17.6 Å². The minimum Gasteiger partial charge on any atom is -0.492 e. The third-order valence-electron chi connectivity index (χ3n) is 11.8. The highest BCUT2D eigenvalue weighted by Crippen LogP contribution is 2.27. The number of nitrogens with two attached hydrogens (primary N) is 1. The van der Waals surface area contributed by atoms with Crippen molar-refractivity contribution in [1.82, 2.24) is 15.1 Å². The van der Waals surface area contributed by atoms with E-state index in [-0.39, 0.29) is 35.4 Å². The van der Waals surface area contributed by atoms with Crippen LogP contribution in [0, 0.1) is 23.5 Å². The summed E-state index contributed by atoms with van der Waals surface area (Å²) in [7, 11) is 0. The van der Waals surface area contributed by atoms with Crippen molar-refractivity contribution in [2.75, 3.05) is 52.5 Å². The third kappa shape index (κ3) is 16.8.